The Kier molecular flexibility index (Phi) is 7.56. The van der Waals surface area contributed by atoms with Crippen LogP contribution in [-0.4, -0.2) is 75.6 Å². The number of nitriles is 1. The molecule has 3 aliphatic heterocycles. The topological polar surface area (TPSA) is 98.5 Å². The van der Waals surface area contributed by atoms with E-state index in [1.165, 1.54) is 7.11 Å². The molecule has 0 saturated carbocycles. The van der Waals surface area contributed by atoms with Gasteiger partial charge in [-0.2, -0.15) is 5.26 Å². The molecule has 2 saturated heterocycles. The van der Waals surface area contributed by atoms with E-state index in [1.54, 1.807) is 30.4 Å². The number of ether oxygens (including phenoxy) is 1. The normalized spacial score (nSPS) is 23.8. The van der Waals surface area contributed by atoms with Crippen molar-refractivity contribution >= 4 is 35.1 Å². The maximum Gasteiger partial charge on any atom is 0.238 e. The Bertz CT molecular complexity index is 1210. The molecule has 2 unspecified atom stereocenters. The van der Waals surface area contributed by atoms with Crippen LogP contribution in [0.3, 0.4) is 0 Å². The fourth-order valence-corrected chi connectivity index (χ4v) is 6.37. The number of thioether (sulfide) groups is 1. The molecule has 0 radical (unpaired) electrons. The Morgan fingerprint density at radius 1 is 1.19 bits per heavy atom. The summed E-state index contributed by atoms with van der Waals surface area (Å²) in [5.41, 5.74) is 1.28. The van der Waals surface area contributed by atoms with E-state index in [9.17, 15) is 10.1 Å². The van der Waals surface area contributed by atoms with Crippen LogP contribution in [0, 0.1) is 11.3 Å². The Balaban J connectivity index is 0.00000156. The quantitative estimate of drug-likeness (QED) is 0.585. The molecule has 37 heavy (non-hydrogen) atoms. The molecule has 3 aliphatic rings. The molecular weight excluding hydrogens is 486 g/mol. The molecule has 5 rings (SSSR count). The van der Waals surface area contributed by atoms with Gasteiger partial charge in [0.2, 0.25) is 5.91 Å². The van der Waals surface area contributed by atoms with Gasteiger partial charge >= 0.3 is 0 Å². The number of methoxy groups -OCH3 is 1. The first kappa shape index (κ1) is 27.0. The molecule has 0 aromatic carbocycles. The molecule has 0 spiro atoms. The van der Waals surface area contributed by atoms with Gasteiger partial charge in [-0.15, -0.1) is 11.8 Å². The number of amides is 1. The highest BCUT2D eigenvalue weighted by Crippen LogP contribution is 2.47. The Labute approximate surface area is 224 Å². The van der Waals surface area contributed by atoms with Crippen molar-refractivity contribution < 1.29 is 9.53 Å². The van der Waals surface area contributed by atoms with Crippen molar-refractivity contribution in [2.75, 3.05) is 48.8 Å². The smallest absolute Gasteiger partial charge is 0.238 e. The highest BCUT2D eigenvalue weighted by Gasteiger charge is 2.46. The predicted molar refractivity (Wildman–Crippen MR) is 148 cm³/mol. The fourth-order valence-electron chi connectivity index (χ4n) is 5.32. The maximum atomic E-state index is 13.2. The highest BCUT2D eigenvalue weighted by molar-refractivity contribution is 8.02. The summed E-state index contributed by atoms with van der Waals surface area (Å²) in [4.78, 5) is 33.5. The molecule has 5 heterocycles. The lowest BCUT2D eigenvalue weighted by atomic mass is 9.87. The van der Waals surface area contributed by atoms with Gasteiger partial charge in [0.1, 0.15) is 29.9 Å². The first-order valence-corrected chi connectivity index (χ1v) is 13.9. The number of hydrogen-bond donors (Lipinski definition) is 0. The van der Waals surface area contributed by atoms with Gasteiger partial charge in [0, 0.05) is 49.3 Å². The number of aromatic nitrogens is 3. The summed E-state index contributed by atoms with van der Waals surface area (Å²) < 4.78 is 5.00. The number of rotatable bonds is 4. The van der Waals surface area contributed by atoms with Crippen molar-refractivity contribution in [2.45, 2.75) is 64.2 Å². The summed E-state index contributed by atoms with van der Waals surface area (Å²) in [6, 6.07) is 4.04. The number of carbonyl (C=O) groups is 1. The van der Waals surface area contributed by atoms with E-state index < -0.39 is 0 Å². The first-order valence-electron chi connectivity index (χ1n) is 13.0. The van der Waals surface area contributed by atoms with Crippen molar-refractivity contribution in [1.82, 2.24) is 19.9 Å². The van der Waals surface area contributed by atoms with Crippen molar-refractivity contribution in [2.24, 2.45) is 0 Å². The number of fused-ring (bicyclic) bond motifs is 1. The van der Waals surface area contributed by atoms with E-state index in [0.717, 1.165) is 42.5 Å². The molecule has 1 amide bonds. The van der Waals surface area contributed by atoms with Gasteiger partial charge in [-0.05, 0) is 26.0 Å². The molecule has 2 aromatic rings. The molecule has 0 N–H and O–H groups in total. The molecule has 198 valence electrons. The second kappa shape index (κ2) is 10.4. The number of nitrogens with zero attached hydrogens (tertiary/aromatic N) is 7. The monoisotopic (exact) mass is 523 g/mol. The number of pyridine rings is 1. The van der Waals surface area contributed by atoms with Gasteiger partial charge in [0.05, 0.1) is 23.6 Å². The van der Waals surface area contributed by atoms with E-state index in [-0.39, 0.29) is 22.1 Å². The van der Waals surface area contributed by atoms with Gasteiger partial charge in [-0.3, -0.25) is 4.79 Å². The summed E-state index contributed by atoms with van der Waals surface area (Å²) in [6.07, 6.45) is 4.14. The van der Waals surface area contributed by atoms with E-state index >= 15 is 0 Å². The second-order valence-electron chi connectivity index (χ2n) is 10.3. The van der Waals surface area contributed by atoms with Crippen LogP contribution in [0.15, 0.2) is 18.6 Å². The van der Waals surface area contributed by atoms with Gasteiger partial charge in [0.15, 0.2) is 5.75 Å². The van der Waals surface area contributed by atoms with E-state index in [0.29, 0.717) is 30.2 Å². The SMILES string of the molecule is CC.COc1cnc(N2CC(C)(C)c3c(N4CCN(C(=O)C5(C)CCS5)C(C)C4)ncnc32)cc1C#N. The van der Waals surface area contributed by atoms with Crippen LogP contribution in [0.5, 0.6) is 5.75 Å². The largest absolute Gasteiger partial charge is 0.494 e. The van der Waals surface area contributed by atoms with Crippen LogP contribution in [0.1, 0.15) is 59.1 Å². The third kappa shape index (κ3) is 4.70. The van der Waals surface area contributed by atoms with E-state index in [2.05, 4.69) is 53.5 Å². The summed E-state index contributed by atoms with van der Waals surface area (Å²) in [7, 11) is 1.53. The second-order valence-corrected chi connectivity index (χ2v) is 11.9. The molecule has 10 heteroatoms. The minimum atomic E-state index is -0.261. The van der Waals surface area contributed by atoms with Crippen molar-refractivity contribution in [3.05, 3.63) is 29.7 Å². The van der Waals surface area contributed by atoms with Crippen molar-refractivity contribution in [3.63, 3.8) is 0 Å². The summed E-state index contributed by atoms with van der Waals surface area (Å²) >= 11 is 1.76. The number of carbonyl (C=O) groups excluding carboxylic acids is 1. The average molecular weight is 524 g/mol. The summed E-state index contributed by atoms with van der Waals surface area (Å²) in [5, 5.41) is 9.55. The van der Waals surface area contributed by atoms with E-state index in [1.807, 2.05) is 18.7 Å². The summed E-state index contributed by atoms with van der Waals surface area (Å²) in [6.45, 7) is 15.4. The molecule has 9 nitrogen and oxygen atoms in total. The van der Waals surface area contributed by atoms with Gasteiger partial charge < -0.3 is 19.4 Å². The van der Waals surface area contributed by atoms with Crippen molar-refractivity contribution in [1.29, 1.82) is 5.26 Å². The molecular formula is C27H37N7O2S. The number of hydrogen-bond acceptors (Lipinski definition) is 9. The zero-order chi connectivity index (χ0) is 27.0. The molecule has 2 aromatic heterocycles. The summed E-state index contributed by atoms with van der Waals surface area (Å²) in [5.74, 6) is 4.17. The molecule has 0 bridgehead atoms. The zero-order valence-electron chi connectivity index (χ0n) is 22.9. The predicted octanol–water partition coefficient (Wildman–Crippen LogP) is 4.14. The molecule has 2 atom stereocenters. The zero-order valence-corrected chi connectivity index (χ0v) is 23.7. The Morgan fingerprint density at radius 3 is 2.49 bits per heavy atom. The average Bonchev–Trinajstić information content (AvgIpc) is 3.18. The lowest BCUT2D eigenvalue weighted by Crippen LogP contribution is -2.60. The van der Waals surface area contributed by atoms with Gasteiger partial charge in [-0.25, -0.2) is 15.0 Å². The Hall–Kier alpha value is -3.06. The van der Waals surface area contributed by atoms with Crippen molar-refractivity contribution in [3.8, 4) is 11.8 Å². The highest BCUT2D eigenvalue weighted by atomic mass is 32.2. The van der Waals surface area contributed by atoms with E-state index in [4.69, 9.17) is 9.72 Å². The third-order valence-corrected chi connectivity index (χ3v) is 8.83. The number of piperazine rings is 1. The maximum absolute atomic E-state index is 13.2. The third-order valence-electron chi connectivity index (χ3n) is 7.40. The molecule has 2 fully saturated rings. The van der Waals surface area contributed by atoms with Crippen LogP contribution in [0.25, 0.3) is 0 Å². The van der Waals surface area contributed by atoms with Crippen LogP contribution < -0.4 is 14.5 Å². The molecule has 0 aliphatic carbocycles. The van der Waals surface area contributed by atoms with Crippen LogP contribution in [0.4, 0.5) is 17.5 Å². The minimum absolute atomic E-state index is 0.0990. The Morgan fingerprint density at radius 2 is 1.89 bits per heavy atom. The minimum Gasteiger partial charge on any atom is -0.494 e. The van der Waals surface area contributed by atoms with Gasteiger partial charge in [0.25, 0.3) is 0 Å². The van der Waals surface area contributed by atoms with Crippen LogP contribution >= 0.6 is 11.8 Å². The van der Waals surface area contributed by atoms with Crippen LogP contribution in [-0.2, 0) is 10.2 Å². The fraction of sp³-hybridized carbons (Fsp3) is 0.593. The lowest BCUT2D eigenvalue weighted by Gasteiger charge is -2.46. The standard InChI is InChI=1S/C25H31N7O2S.C2H6/c1-16-13-30(7-8-31(16)23(33)25(4)6-9-35-25)21-20-22(29-15-28-21)32(14-24(20,2)3)19-10-17(11-26)18(34-5)12-27-19;1-2/h10,12,15-16H,6-9,13-14H2,1-5H3;1-2H3. The van der Waals surface area contributed by atoms with Crippen LogP contribution in [0.2, 0.25) is 0 Å². The number of anilines is 3. The first-order chi connectivity index (χ1) is 17.7. The van der Waals surface area contributed by atoms with Gasteiger partial charge in [-0.1, -0.05) is 27.7 Å². The lowest BCUT2D eigenvalue weighted by molar-refractivity contribution is -0.136.